The van der Waals surface area contributed by atoms with Gasteiger partial charge in [-0.05, 0) is 43.7 Å². The molecule has 23 heavy (non-hydrogen) atoms. The molecular weight excluding hydrogens is 331 g/mol. The van der Waals surface area contributed by atoms with Crippen molar-refractivity contribution in [2.45, 2.75) is 32.9 Å². The highest BCUT2D eigenvalue weighted by molar-refractivity contribution is 6.35. The van der Waals surface area contributed by atoms with Crippen molar-refractivity contribution in [1.82, 2.24) is 9.55 Å². The molecule has 0 aliphatic heterocycles. The van der Waals surface area contributed by atoms with Gasteiger partial charge in [-0.2, -0.15) is 0 Å². The number of imidazole rings is 1. The number of halogens is 2. The number of benzene rings is 2. The van der Waals surface area contributed by atoms with Crippen LogP contribution in [-0.2, 0) is 6.61 Å². The standard InChI is InChI=1S/C18H18Cl2N2O/c1-3-12(2)22-16-7-5-4-6-15(16)21-18(22)11-23-17-9-8-13(19)10-14(17)20/h4-10,12H,3,11H2,1-2H3/t12-/m1/s1. The molecule has 3 rings (SSSR count). The number of fused-ring (bicyclic) bond motifs is 1. The van der Waals surface area contributed by atoms with Crippen LogP contribution in [0, 0.1) is 0 Å². The first kappa shape index (κ1) is 16.2. The molecule has 3 aromatic rings. The minimum Gasteiger partial charge on any atom is -0.484 e. The number of nitrogens with zero attached hydrogens (tertiary/aromatic N) is 2. The highest BCUT2D eigenvalue weighted by atomic mass is 35.5. The molecule has 1 aromatic heterocycles. The molecule has 0 spiro atoms. The van der Waals surface area contributed by atoms with E-state index in [0.29, 0.717) is 28.4 Å². The Morgan fingerprint density at radius 2 is 1.96 bits per heavy atom. The van der Waals surface area contributed by atoms with Crippen LogP contribution in [0.4, 0.5) is 0 Å². The second-order valence-electron chi connectivity index (χ2n) is 5.51. The van der Waals surface area contributed by atoms with Crippen LogP contribution in [0.3, 0.4) is 0 Å². The van der Waals surface area contributed by atoms with Crippen LogP contribution in [0.2, 0.25) is 10.0 Å². The average molecular weight is 349 g/mol. The summed E-state index contributed by atoms with van der Waals surface area (Å²) < 4.78 is 8.10. The van der Waals surface area contributed by atoms with Gasteiger partial charge in [0, 0.05) is 11.1 Å². The van der Waals surface area contributed by atoms with E-state index in [1.807, 2.05) is 18.2 Å². The summed E-state index contributed by atoms with van der Waals surface area (Å²) >= 11 is 12.1. The molecule has 0 unspecified atom stereocenters. The Kier molecular flexibility index (Phi) is 4.79. The number of hydrogen-bond acceptors (Lipinski definition) is 2. The van der Waals surface area contributed by atoms with Crippen molar-refractivity contribution in [3.05, 3.63) is 58.3 Å². The molecule has 0 radical (unpaired) electrons. The van der Waals surface area contributed by atoms with Gasteiger partial charge < -0.3 is 9.30 Å². The highest BCUT2D eigenvalue weighted by Crippen LogP contribution is 2.29. The molecule has 0 N–H and O–H groups in total. The average Bonchev–Trinajstić information content (AvgIpc) is 2.91. The third-order valence-electron chi connectivity index (χ3n) is 3.95. The SMILES string of the molecule is CC[C@@H](C)n1c(COc2ccc(Cl)cc2Cl)nc2ccccc21. The van der Waals surface area contributed by atoms with E-state index >= 15 is 0 Å². The second kappa shape index (κ2) is 6.81. The van der Waals surface area contributed by atoms with E-state index in [4.69, 9.17) is 32.9 Å². The van der Waals surface area contributed by atoms with Crippen molar-refractivity contribution in [1.29, 1.82) is 0 Å². The molecule has 1 atom stereocenters. The number of rotatable bonds is 5. The summed E-state index contributed by atoms with van der Waals surface area (Å²) in [6.45, 7) is 4.72. The van der Waals surface area contributed by atoms with Crippen molar-refractivity contribution in [2.75, 3.05) is 0 Å². The van der Waals surface area contributed by atoms with Gasteiger partial charge in [0.2, 0.25) is 0 Å². The summed E-state index contributed by atoms with van der Waals surface area (Å²) in [5.41, 5.74) is 2.11. The lowest BCUT2D eigenvalue weighted by molar-refractivity contribution is 0.286. The van der Waals surface area contributed by atoms with Crippen LogP contribution in [0.15, 0.2) is 42.5 Å². The van der Waals surface area contributed by atoms with Crippen molar-refractivity contribution in [3.63, 3.8) is 0 Å². The lowest BCUT2D eigenvalue weighted by Crippen LogP contribution is -2.11. The number of hydrogen-bond donors (Lipinski definition) is 0. The molecule has 0 fully saturated rings. The minimum atomic E-state index is 0.349. The summed E-state index contributed by atoms with van der Waals surface area (Å²) in [4.78, 5) is 4.71. The zero-order valence-corrected chi connectivity index (χ0v) is 14.6. The van der Waals surface area contributed by atoms with Crippen LogP contribution in [0.1, 0.15) is 32.1 Å². The van der Waals surface area contributed by atoms with Crippen molar-refractivity contribution < 1.29 is 4.74 Å². The maximum absolute atomic E-state index is 6.17. The smallest absolute Gasteiger partial charge is 0.148 e. The third kappa shape index (κ3) is 3.31. The van der Waals surface area contributed by atoms with E-state index in [1.165, 1.54) is 0 Å². The molecule has 0 amide bonds. The monoisotopic (exact) mass is 348 g/mol. The van der Waals surface area contributed by atoms with Crippen molar-refractivity contribution in [3.8, 4) is 5.75 Å². The predicted molar refractivity (Wildman–Crippen MR) is 95.5 cm³/mol. The Labute approximate surface area is 145 Å². The first-order valence-electron chi connectivity index (χ1n) is 7.64. The Bertz CT molecular complexity index is 829. The maximum Gasteiger partial charge on any atom is 0.148 e. The van der Waals surface area contributed by atoms with Gasteiger partial charge in [0.1, 0.15) is 18.2 Å². The van der Waals surface area contributed by atoms with Gasteiger partial charge in [-0.25, -0.2) is 4.98 Å². The second-order valence-corrected chi connectivity index (χ2v) is 6.35. The molecule has 0 saturated heterocycles. The fraction of sp³-hybridized carbons (Fsp3) is 0.278. The van der Waals surface area contributed by atoms with Gasteiger partial charge in [-0.1, -0.05) is 42.3 Å². The summed E-state index contributed by atoms with van der Waals surface area (Å²) in [5.74, 6) is 1.50. The van der Waals surface area contributed by atoms with Gasteiger partial charge in [0.05, 0.1) is 16.1 Å². The zero-order valence-electron chi connectivity index (χ0n) is 13.1. The highest BCUT2D eigenvalue weighted by Gasteiger charge is 2.15. The Morgan fingerprint density at radius 3 is 2.70 bits per heavy atom. The van der Waals surface area contributed by atoms with Crippen LogP contribution in [0.5, 0.6) is 5.75 Å². The predicted octanol–water partition coefficient (Wildman–Crippen LogP) is 5.89. The van der Waals surface area contributed by atoms with Crippen LogP contribution < -0.4 is 4.74 Å². The Balaban J connectivity index is 1.93. The van der Waals surface area contributed by atoms with Crippen molar-refractivity contribution >= 4 is 34.2 Å². The first-order valence-corrected chi connectivity index (χ1v) is 8.39. The fourth-order valence-corrected chi connectivity index (χ4v) is 3.07. The van der Waals surface area contributed by atoms with Gasteiger partial charge in [-0.3, -0.25) is 0 Å². The normalized spacial score (nSPS) is 12.5. The minimum absolute atomic E-state index is 0.349. The Morgan fingerprint density at radius 1 is 1.17 bits per heavy atom. The van der Waals surface area contributed by atoms with Crippen LogP contribution in [-0.4, -0.2) is 9.55 Å². The molecule has 0 aliphatic rings. The molecule has 5 heteroatoms. The summed E-state index contributed by atoms with van der Waals surface area (Å²) in [7, 11) is 0. The quantitative estimate of drug-likeness (QED) is 0.574. The molecule has 120 valence electrons. The van der Waals surface area contributed by atoms with Crippen molar-refractivity contribution in [2.24, 2.45) is 0 Å². The molecule has 1 heterocycles. The molecule has 2 aromatic carbocycles. The summed E-state index contributed by atoms with van der Waals surface area (Å²) in [6.07, 6.45) is 1.02. The van der Waals surface area contributed by atoms with Gasteiger partial charge in [0.15, 0.2) is 0 Å². The van der Waals surface area contributed by atoms with Gasteiger partial charge in [-0.15, -0.1) is 0 Å². The Hall–Kier alpha value is -1.71. The molecule has 0 saturated carbocycles. The number of aromatic nitrogens is 2. The number of ether oxygens (including phenoxy) is 1. The summed E-state index contributed by atoms with van der Waals surface area (Å²) in [6, 6.07) is 13.7. The van der Waals surface area contributed by atoms with E-state index in [1.54, 1.807) is 18.2 Å². The first-order chi connectivity index (χ1) is 11.1. The van der Waals surface area contributed by atoms with Gasteiger partial charge >= 0.3 is 0 Å². The van der Waals surface area contributed by atoms with Crippen LogP contribution in [0.25, 0.3) is 11.0 Å². The van der Waals surface area contributed by atoms with Gasteiger partial charge in [0.25, 0.3) is 0 Å². The van der Waals surface area contributed by atoms with E-state index in [9.17, 15) is 0 Å². The lowest BCUT2D eigenvalue weighted by atomic mass is 10.2. The summed E-state index contributed by atoms with van der Waals surface area (Å²) in [5, 5.41) is 1.10. The van der Waals surface area contributed by atoms with Crippen LogP contribution >= 0.6 is 23.2 Å². The van der Waals surface area contributed by atoms with E-state index in [2.05, 4.69) is 24.5 Å². The zero-order chi connectivity index (χ0) is 16.4. The van der Waals surface area contributed by atoms with E-state index in [0.717, 1.165) is 23.3 Å². The fourth-order valence-electron chi connectivity index (χ4n) is 2.61. The van der Waals surface area contributed by atoms with E-state index < -0.39 is 0 Å². The maximum atomic E-state index is 6.17. The largest absolute Gasteiger partial charge is 0.484 e. The third-order valence-corrected chi connectivity index (χ3v) is 4.48. The molecule has 3 nitrogen and oxygen atoms in total. The van der Waals surface area contributed by atoms with E-state index in [-0.39, 0.29) is 0 Å². The molecule has 0 bridgehead atoms. The molecule has 0 aliphatic carbocycles. The topological polar surface area (TPSA) is 27.1 Å². The molecular formula is C18H18Cl2N2O. The lowest BCUT2D eigenvalue weighted by Gasteiger charge is -2.16. The number of para-hydroxylation sites is 2.